The van der Waals surface area contributed by atoms with Crippen molar-refractivity contribution in [2.75, 3.05) is 12.4 Å². The third kappa shape index (κ3) is 2.50. The van der Waals surface area contributed by atoms with Crippen LogP contribution in [0.3, 0.4) is 0 Å². The van der Waals surface area contributed by atoms with Crippen LogP contribution in [0.2, 0.25) is 0 Å². The quantitative estimate of drug-likeness (QED) is 0.825. The van der Waals surface area contributed by atoms with Crippen LogP contribution in [0, 0.1) is 0 Å². The molecule has 0 atom stereocenters. The number of methoxy groups -OCH3 is 1. The molecule has 1 aromatic heterocycles. The van der Waals surface area contributed by atoms with E-state index in [-0.39, 0.29) is 0 Å². The van der Waals surface area contributed by atoms with E-state index in [0.717, 1.165) is 18.7 Å². The van der Waals surface area contributed by atoms with Crippen molar-refractivity contribution < 1.29 is 4.74 Å². The Labute approximate surface area is 90.6 Å². The molecule has 15 heavy (non-hydrogen) atoms. The molecule has 1 fully saturated rings. The van der Waals surface area contributed by atoms with Gasteiger partial charge in [-0.1, -0.05) is 0 Å². The lowest BCUT2D eigenvalue weighted by molar-refractivity contribution is 0.0681. The second kappa shape index (κ2) is 4.66. The number of nitrogens with zero attached hydrogens (tertiary/aromatic N) is 2. The average molecular weight is 209 g/mol. The maximum Gasteiger partial charge on any atom is 0.124 e. The molecule has 0 unspecified atom stereocenters. The van der Waals surface area contributed by atoms with Gasteiger partial charge in [0.1, 0.15) is 5.82 Å². The zero-order valence-electron chi connectivity index (χ0n) is 9.44. The van der Waals surface area contributed by atoms with Crippen LogP contribution in [-0.4, -0.2) is 29.0 Å². The summed E-state index contributed by atoms with van der Waals surface area (Å²) < 4.78 is 7.23. The van der Waals surface area contributed by atoms with Crippen molar-refractivity contribution in [1.29, 1.82) is 0 Å². The van der Waals surface area contributed by atoms with Crippen molar-refractivity contribution in [2.24, 2.45) is 7.05 Å². The summed E-state index contributed by atoms with van der Waals surface area (Å²) >= 11 is 0. The smallest absolute Gasteiger partial charge is 0.124 e. The van der Waals surface area contributed by atoms with Crippen molar-refractivity contribution in [2.45, 2.75) is 37.8 Å². The molecule has 4 heteroatoms. The van der Waals surface area contributed by atoms with E-state index in [1.54, 1.807) is 7.11 Å². The second-order valence-electron chi connectivity index (χ2n) is 4.19. The van der Waals surface area contributed by atoms with Crippen LogP contribution in [0.1, 0.15) is 25.7 Å². The number of hydrogen-bond acceptors (Lipinski definition) is 3. The molecule has 2 rings (SSSR count). The van der Waals surface area contributed by atoms with Gasteiger partial charge < -0.3 is 10.1 Å². The third-order valence-corrected chi connectivity index (χ3v) is 3.18. The molecule has 0 amide bonds. The zero-order valence-corrected chi connectivity index (χ0v) is 9.44. The highest BCUT2D eigenvalue weighted by atomic mass is 16.5. The van der Waals surface area contributed by atoms with Gasteiger partial charge in [-0.15, -0.1) is 0 Å². The van der Waals surface area contributed by atoms with E-state index in [1.807, 2.05) is 24.0 Å². The fourth-order valence-electron chi connectivity index (χ4n) is 2.17. The lowest BCUT2D eigenvalue weighted by atomic mass is 9.93. The Hall–Kier alpha value is -1.03. The molecular weight excluding hydrogens is 190 g/mol. The van der Waals surface area contributed by atoms with Gasteiger partial charge in [0.25, 0.3) is 0 Å². The highest BCUT2D eigenvalue weighted by Gasteiger charge is 2.20. The summed E-state index contributed by atoms with van der Waals surface area (Å²) in [6.45, 7) is 0. The van der Waals surface area contributed by atoms with Gasteiger partial charge in [0.05, 0.1) is 12.3 Å². The van der Waals surface area contributed by atoms with E-state index in [4.69, 9.17) is 4.74 Å². The summed E-state index contributed by atoms with van der Waals surface area (Å²) in [6.07, 6.45) is 6.98. The molecular formula is C11H19N3O. The summed E-state index contributed by atoms with van der Waals surface area (Å²) in [5, 5.41) is 7.66. The third-order valence-electron chi connectivity index (χ3n) is 3.18. The van der Waals surface area contributed by atoms with Crippen molar-refractivity contribution in [3.05, 3.63) is 12.3 Å². The molecule has 1 aliphatic carbocycles. The minimum atomic E-state index is 0.467. The lowest BCUT2D eigenvalue weighted by Crippen LogP contribution is -2.29. The standard InChI is InChI=1S/C11H19N3O/c1-14-11(7-8-12-14)13-9-3-5-10(15-2)6-4-9/h7-10,13H,3-6H2,1-2H3. The number of anilines is 1. The maximum absolute atomic E-state index is 5.35. The van der Waals surface area contributed by atoms with Gasteiger partial charge in [0.2, 0.25) is 0 Å². The van der Waals surface area contributed by atoms with Gasteiger partial charge in [-0.2, -0.15) is 5.10 Å². The first-order valence-electron chi connectivity index (χ1n) is 5.57. The van der Waals surface area contributed by atoms with E-state index in [1.165, 1.54) is 12.8 Å². The molecule has 0 radical (unpaired) electrons. The molecule has 84 valence electrons. The first-order chi connectivity index (χ1) is 7.29. The van der Waals surface area contributed by atoms with Crippen LogP contribution in [0.15, 0.2) is 12.3 Å². The minimum Gasteiger partial charge on any atom is -0.381 e. The number of aromatic nitrogens is 2. The summed E-state index contributed by atoms with van der Waals surface area (Å²) in [4.78, 5) is 0. The van der Waals surface area contributed by atoms with E-state index >= 15 is 0 Å². The molecule has 1 N–H and O–H groups in total. The normalized spacial score (nSPS) is 26.5. The van der Waals surface area contributed by atoms with Crippen LogP contribution in [0.5, 0.6) is 0 Å². The first kappa shape index (κ1) is 10.5. The lowest BCUT2D eigenvalue weighted by Gasteiger charge is -2.28. The highest BCUT2D eigenvalue weighted by Crippen LogP contribution is 2.23. The van der Waals surface area contributed by atoms with Gasteiger partial charge in [0, 0.05) is 26.3 Å². The van der Waals surface area contributed by atoms with Crippen LogP contribution in [0.25, 0.3) is 0 Å². The van der Waals surface area contributed by atoms with Crippen LogP contribution < -0.4 is 5.32 Å². The highest BCUT2D eigenvalue weighted by molar-refractivity contribution is 5.34. The Morgan fingerprint density at radius 3 is 2.67 bits per heavy atom. The Morgan fingerprint density at radius 2 is 2.13 bits per heavy atom. The predicted octanol–water partition coefficient (Wildman–Crippen LogP) is 1.79. The molecule has 1 heterocycles. The van der Waals surface area contributed by atoms with Crippen LogP contribution in [0.4, 0.5) is 5.82 Å². The molecule has 0 spiro atoms. The zero-order chi connectivity index (χ0) is 10.7. The summed E-state index contributed by atoms with van der Waals surface area (Å²) in [5.74, 6) is 1.11. The van der Waals surface area contributed by atoms with Gasteiger partial charge in [-0.25, -0.2) is 0 Å². The molecule has 1 aliphatic rings. The van der Waals surface area contributed by atoms with E-state index in [0.29, 0.717) is 12.1 Å². The molecule has 0 saturated heterocycles. The Balaban J connectivity index is 1.85. The van der Waals surface area contributed by atoms with Crippen molar-refractivity contribution in [1.82, 2.24) is 9.78 Å². The van der Waals surface area contributed by atoms with Gasteiger partial charge in [-0.05, 0) is 25.7 Å². The minimum absolute atomic E-state index is 0.467. The second-order valence-corrected chi connectivity index (χ2v) is 4.19. The Kier molecular flexibility index (Phi) is 3.26. The Bertz CT molecular complexity index is 303. The Morgan fingerprint density at radius 1 is 1.40 bits per heavy atom. The van der Waals surface area contributed by atoms with Gasteiger partial charge in [-0.3, -0.25) is 4.68 Å². The molecule has 1 saturated carbocycles. The van der Waals surface area contributed by atoms with E-state index < -0.39 is 0 Å². The van der Waals surface area contributed by atoms with Gasteiger partial charge >= 0.3 is 0 Å². The monoisotopic (exact) mass is 209 g/mol. The largest absolute Gasteiger partial charge is 0.381 e. The van der Waals surface area contributed by atoms with Crippen molar-refractivity contribution in [3.63, 3.8) is 0 Å². The molecule has 0 aliphatic heterocycles. The molecule has 4 nitrogen and oxygen atoms in total. The summed E-state index contributed by atoms with van der Waals surface area (Å²) in [7, 11) is 3.77. The van der Waals surface area contributed by atoms with Crippen LogP contribution >= 0.6 is 0 Å². The topological polar surface area (TPSA) is 39.1 Å². The maximum atomic E-state index is 5.35. The number of ether oxygens (including phenoxy) is 1. The van der Waals surface area contributed by atoms with E-state index in [9.17, 15) is 0 Å². The molecule has 1 aromatic rings. The summed E-state index contributed by atoms with van der Waals surface area (Å²) in [6, 6.07) is 2.59. The fraction of sp³-hybridized carbons (Fsp3) is 0.727. The first-order valence-corrected chi connectivity index (χ1v) is 5.57. The summed E-state index contributed by atoms with van der Waals surface area (Å²) in [5.41, 5.74) is 0. The average Bonchev–Trinajstić information content (AvgIpc) is 2.66. The predicted molar refractivity (Wildman–Crippen MR) is 59.9 cm³/mol. The fourth-order valence-corrected chi connectivity index (χ4v) is 2.17. The molecule has 0 bridgehead atoms. The van der Waals surface area contributed by atoms with Gasteiger partial charge in [0.15, 0.2) is 0 Å². The number of rotatable bonds is 3. The van der Waals surface area contributed by atoms with E-state index in [2.05, 4.69) is 10.4 Å². The molecule has 0 aromatic carbocycles. The van der Waals surface area contributed by atoms with Crippen molar-refractivity contribution in [3.8, 4) is 0 Å². The van der Waals surface area contributed by atoms with Crippen molar-refractivity contribution >= 4 is 5.82 Å². The number of hydrogen-bond donors (Lipinski definition) is 1. The number of aryl methyl sites for hydroxylation is 1. The SMILES string of the molecule is COC1CCC(Nc2ccnn2C)CC1. The van der Waals surface area contributed by atoms with Crippen LogP contribution in [-0.2, 0) is 11.8 Å². The number of nitrogens with one attached hydrogen (secondary N) is 1.